The quantitative estimate of drug-likeness (QED) is 0.215. The SMILES string of the molecule is COC(=O)c1ccc(/C=C2\SC(=S)N(CCCC(=O)Nc3ncc(Cc4cccc(C)c4)s3)C2=O)cc1. The number of aromatic nitrogens is 1. The van der Waals surface area contributed by atoms with Gasteiger partial charge in [-0.1, -0.05) is 65.9 Å². The van der Waals surface area contributed by atoms with Crippen molar-refractivity contribution in [3.8, 4) is 0 Å². The van der Waals surface area contributed by atoms with E-state index in [2.05, 4.69) is 35.4 Å². The van der Waals surface area contributed by atoms with E-state index in [1.165, 1.54) is 46.2 Å². The second-order valence-electron chi connectivity index (χ2n) is 8.40. The third-order valence-corrected chi connectivity index (χ3v) is 7.84. The van der Waals surface area contributed by atoms with E-state index in [0.717, 1.165) is 16.9 Å². The molecule has 0 spiro atoms. The summed E-state index contributed by atoms with van der Waals surface area (Å²) in [5.74, 6) is -0.754. The molecule has 0 bridgehead atoms. The van der Waals surface area contributed by atoms with Crippen molar-refractivity contribution in [2.45, 2.75) is 26.2 Å². The molecule has 1 aliphatic rings. The molecule has 2 aromatic carbocycles. The van der Waals surface area contributed by atoms with Gasteiger partial charge in [0.1, 0.15) is 4.32 Å². The Hall–Kier alpha value is -3.34. The number of nitrogens with one attached hydrogen (secondary N) is 1. The molecular weight excluding hydrogens is 527 g/mol. The molecule has 190 valence electrons. The van der Waals surface area contributed by atoms with Crippen LogP contribution in [0, 0.1) is 6.92 Å². The predicted octanol–water partition coefficient (Wildman–Crippen LogP) is 5.45. The highest BCUT2D eigenvalue weighted by molar-refractivity contribution is 8.26. The average Bonchev–Trinajstić information content (AvgIpc) is 3.42. The maximum absolute atomic E-state index is 12.8. The highest BCUT2D eigenvalue weighted by Gasteiger charge is 2.31. The van der Waals surface area contributed by atoms with E-state index in [1.54, 1.807) is 36.5 Å². The maximum atomic E-state index is 12.8. The van der Waals surface area contributed by atoms with E-state index in [9.17, 15) is 14.4 Å². The number of carbonyl (C=O) groups is 3. The van der Waals surface area contributed by atoms with Crippen molar-refractivity contribution >= 4 is 68.6 Å². The standard InChI is InChI=1S/C27H25N3O4S3/c1-17-5-3-6-19(13-17)14-21-16-28-26(36-21)29-23(31)7-4-12-30-24(32)22(37-27(30)35)15-18-8-10-20(11-9-18)25(33)34-2/h3,5-6,8-11,13,15-16H,4,7,12,14H2,1-2H3,(H,28,29,31)/b22-15-. The van der Waals surface area contributed by atoms with Gasteiger partial charge in [0.05, 0.1) is 17.6 Å². The van der Waals surface area contributed by atoms with Gasteiger partial charge in [-0.05, 0) is 42.7 Å². The van der Waals surface area contributed by atoms with Crippen molar-refractivity contribution in [1.82, 2.24) is 9.88 Å². The molecule has 10 heteroatoms. The maximum Gasteiger partial charge on any atom is 0.337 e. The van der Waals surface area contributed by atoms with Crippen LogP contribution in [0.1, 0.15) is 44.8 Å². The van der Waals surface area contributed by atoms with Crippen molar-refractivity contribution in [3.63, 3.8) is 0 Å². The zero-order valence-electron chi connectivity index (χ0n) is 20.4. The first kappa shape index (κ1) is 26.7. The van der Waals surface area contributed by atoms with E-state index in [1.807, 2.05) is 6.07 Å². The average molecular weight is 552 g/mol. The second-order valence-corrected chi connectivity index (χ2v) is 11.2. The van der Waals surface area contributed by atoms with Crippen LogP contribution >= 0.6 is 35.3 Å². The number of methoxy groups -OCH3 is 1. The summed E-state index contributed by atoms with van der Waals surface area (Å²) in [5.41, 5.74) is 3.63. The van der Waals surface area contributed by atoms with Crippen LogP contribution in [0.5, 0.6) is 0 Å². The molecule has 1 saturated heterocycles. The van der Waals surface area contributed by atoms with Crippen molar-refractivity contribution < 1.29 is 19.1 Å². The van der Waals surface area contributed by atoms with Crippen molar-refractivity contribution in [3.05, 3.63) is 86.8 Å². The number of thiocarbonyl (C=S) groups is 1. The van der Waals surface area contributed by atoms with Crippen LogP contribution in [0.4, 0.5) is 5.13 Å². The number of ether oxygens (including phenoxy) is 1. The van der Waals surface area contributed by atoms with Crippen LogP contribution in [0.15, 0.2) is 59.6 Å². The summed E-state index contributed by atoms with van der Waals surface area (Å²) in [6.07, 6.45) is 5.02. The Morgan fingerprint density at radius 2 is 1.97 bits per heavy atom. The van der Waals surface area contributed by atoms with Gasteiger partial charge in [0.2, 0.25) is 5.91 Å². The molecule has 0 aliphatic carbocycles. The zero-order chi connectivity index (χ0) is 26.4. The molecule has 2 heterocycles. The summed E-state index contributed by atoms with van der Waals surface area (Å²) in [6, 6.07) is 15.1. The number of thiazole rings is 1. The topological polar surface area (TPSA) is 88.6 Å². The fraction of sp³-hybridized carbons (Fsp3) is 0.222. The van der Waals surface area contributed by atoms with Gasteiger partial charge < -0.3 is 10.1 Å². The smallest absolute Gasteiger partial charge is 0.337 e. The number of nitrogens with zero attached hydrogens (tertiary/aromatic N) is 2. The largest absolute Gasteiger partial charge is 0.465 e. The summed E-state index contributed by atoms with van der Waals surface area (Å²) in [7, 11) is 1.33. The van der Waals surface area contributed by atoms with Crippen LogP contribution in [-0.4, -0.2) is 45.6 Å². The van der Waals surface area contributed by atoms with Gasteiger partial charge in [-0.3, -0.25) is 14.5 Å². The summed E-state index contributed by atoms with van der Waals surface area (Å²) < 4.78 is 5.16. The van der Waals surface area contributed by atoms with Crippen molar-refractivity contribution in [1.29, 1.82) is 0 Å². The molecule has 7 nitrogen and oxygen atoms in total. The Bertz CT molecular complexity index is 1370. The summed E-state index contributed by atoms with van der Waals surface area (Å²) in [5, 5.41) is 3.42. The number of benzene rings is 2. The van der Waals surface area contributed by atoms with Gasteiger partial charge in [0.15, 0.2) is 5.13 Å². The highest BCUT2D eigenvalue weighted by atomic mass is 32.2. The number of hydrogen-bond acceptors (Lipinski definition) is 8. The van der Waals surface area contributed by atoms with Gasteiger partial charge in [0, 0.05) is 30.5 Å². The van der Waals surface area contributed by atoms with Gasteiger partial charge in [-0.15, -0.1) is 11.3 Å². The van der Waals surface area contributed by atoms with E-state index in [-0.39, 0.29) is 18.2 Å². The molecule has 4 rings (SSSR count). The fourth-order valence-electron chi connectivity index (χ4n) is 3.73. The number of hydrogen-bond donors (Lipinski definition) is 1. The molecule has 0 saturated carbocycles. The number of rotatable bonds is 9. The minimum atomic E-state index is -0.417. The molecule has 1 N–H and O–H groups in total. The Labute approximate surface area is 228 Å². The normalized spacial score (nSPS) is 14.3. The van der Waals surface area contributed by atoms with Crippen molar-refractivity contribution in [2.75, 3.05) is 19.0 Å². The van der Waals surface area contributed by atoms with Gasteiger partial charge in [-0.25, -0.2) is 9.78 Å². The van der Waals surface area contributed by atoms with Crippen LogP contribution in [0.3, 0.4) is 0 Å². The Kier molecular flexibility index (Phi) is 8.86. The molecule has 2 amide bonds. The number of thioether (sulfide) groups is 1. The van der Waals surface area contributed by atoms with Gasteiger partial charge in [0.25, 0.3) is 5.91 Å². The summed E-state index contributed by atoms with van der Waals surface area (Å²) in [4.78, 5) is 44.3. The number of esters is 1. The highest BCUT2D eigenvalue weighted by Crippen LogP contribution is 2.33. The first-order chi connectivity index (χ1) is 17.8. The monoisotopic (exact) mass is 551 g/mol. The van der Waals surface area contributed by atoms with E-state index in [0.29, 0.717) is 32.9 Å². The lowest BCUT2D eigenvalue weighted by Crippen LogP contribution is -2.29. The number of aryl methyl sites for hydroxylation is 1. The Balaban J connectivity index is 1.26. The molecule has 1 aromatic heterocycles. The Morgan fingerprint density at radius 3 is 2.70 bits per heavy atom. The third kappa shape index (κ3) is 7.12. The fourth-order valence-corrected chi connectivity index (χ4v) is 5.90. The Morgan fingerprint density at radius 1 is 1.19 bits per heavy atom. The van der Waals surface area contributed by atoms with Crippen LogP contribution in [0.25, 0.3) is 6.08 Å². The third-order valence-electron chi connectivity index (χ3n) is 5.55. The van der Waals surface area contributed by atoms with Crippen LogP contribution < -0.4 is 5.32 Å². The lowest BCUT2D eigenvalue weighted by molar-refractivity contribution is -0.122. The van der Waals surface area contributed by atoms with Gasteiger partial charge >= 0.3 is 5.97 Å². The molecule has 0 unspecified atom stereocenters. The second kappa shape index (κ2) is 12.3. The molecule has 1 aliphatic heterocycles. The van der Waals surface area contributed by atoms with E-state index >= 15 is 0 Å². The summed E-state index contributed by atoms with van der Waals surface area (Å²) >= 11 is 8.07. The minimum Gasteiger partial charge on any atom is -0.465 e. The molecular formula is C27H25N3O4S3. The molecule has 0 radical (unpaired) electrons. The lowest BCUT2D eigenvalue weighted by atomic mass is 10.1. The summed E-state index contributed by atoms with van der Waals surface area (Å²) in [6.45, 7) is 2.42. The first-order valence-corrected chi connectivity index (χ1v) is 13.6. The first-order valence-electron chi connectivity index (χ1n) is 11.6. The number of anilines is 1. The zero-order valence-corrected chi connectivity index (χ0v) is 22.8. The van der Waals surface area contributed by atoms with E-state index in [4.69, 9.17) is 17.0 Å². The number of amides is 2. The molecule has 3 aromatic rings. The van der Waals surface area contributed by atoms with E-state index < -0.39 is 5.97 Å². The van der Waals surface area contributed by atoms with Crippen LogP contribution in [-0.2, 0) is 20.7 Å². The molecule has 1 fully saturated rings. The molecule has 37 heavy (non-hydrogen) atoms. The minimum absolute atomic E-state index is 0.150. The molecule has 0 atom stereocenters. The van der Waals surface area contributed by atoms with Crippen LogP contribution in [0.2, 0.25) is 0 Å². The lowest BCUT2D eigenvalue weighted by Gasteiger charge is -2.13. The number of carbonyl (C=O) groups excluding carboxylic acids is 3. The predicted molar refractivity (Wildman–Crippen MR) is 152 cm³/mol. The van der Waals surface area contributed by atoms with Crippen molar-refractivity contribution in [2.24, 2.45) is 0 Å². The van der Waals surface area contributed by atoms with Gasteiger partial charge in [-0.2, -0.15) is 0 Å².